The number of aromatic carboxylic acids is 1. The fourth-order valence-electron chi connectivity index (χ4n) is 2.45. The summed E-state index contributed by atoms with van der Waals surface area (Å²) in [6.45, 7) is 0. The van der Waals surface area contributed by atoms with E-state index in [0.29, 0.717) is 0 Å². The third-order valence-corrected chi connectivity index (χ3v) is 3.54. The van der Waals surface area contributed by atoms with Crippen molar-refractivity contribution in [1.82, 2.24) is 0 Å². The molecule has 122 valence electrons. The average molecular weight is 330 g/mol. The molecule has 0 spiro atoms. The van der Waals surface area contributed by atoms with Gasteiger partial charge < -0.3 is 24.5 Å². The van der Waals surface area contributed by atoms with Gasteiger partial charge in [-0.05, 0) is 24.3 Å². The summed E-state index contributed by atoms with van der Waals surface area (Å²) in [7, 11) is 1.13. The number of benzene rings is 2. The summed E-state index contributed by atoms with van der Waals surface area (Å²) in [5, 5.41) is 28.4. The fourth-order valence-corrected chi connectivity index (χ4v) is 2.45. The van der Waals surface area contributed by atoms with Crippen molar-refractivity contribution in [3.8, 4) is 11.5 Å². The summed E-state index contributed by atoms with van der Waals surface area (Å²) in [5.74, 6) is -3.19. The minimum absolute atomic E-state index is 0.150. The Morgan fingerprint density at radius 1 is 1.08 bits per heavy atom. The molecule has 2 aromatic carbocycles. The van der Waals surface area contributed by atoms with E-state index in [4.69, 9.17) is 9.52 Å². The monoisotopic (exact) mass is 330 g/mol. The topological polar surface area (TPSA) is 134 Å². The van der Waals surface area contributed by atoms with Crippen molar-refractivity contribution in [2.24, 2.45) is 0 Å². The molecule has 24 heavy (non-hydrogen) atoms. The molecule has 3 rings (SSSR count). The van der Waals surface area contributed by atoms with Gasteiger partial charge in [0.1, 0.15) is 16.7 Å². The molecule has 1 aromatic heterocycles. The number of phenolic OH excluding ortho intramolecular Hbond substituents is 2. The molecular formula is C16H10O8. The summed E-state index contributed by atoms with van der Waals surface area (Å²) in [6.07, 6.45) is 0. The van der Waals surface area contributed by atoms with Crippen LogP contribution in [0.2, 0.25) is 0 Å². The Hall–Kier alpha value is -3.55. The van der Waals surface area contributed by atoms with E-state index in [1.165, 1.54) is 6.07 Å². The Morgan fingerprint density at radius 2 is 1.79 bits per heavy atom. The lowest BCUT2D eigenvalue weighted by Crippen LogP contribution is -2.11. The largest absolute Gasteiger partial charge is 0.507 e. The number of hydrogen-bond acceptors (Lipinski definition) is 7. The van der Waals surface area contributed by atoms with Gasteiger partial charge >= 0.3 is 11.9 Å². The molecule has 0 atom stereocenters. The van der Waals surface area contributed by atoms with E-state index in [1.54, 1.807) is 0 Å². The van der Waals surface area contributed by atoms with Crippen molar-refractivity contribution in [2.45, 2.75) is 0 Å². The summed E-state index contributed by atoms with van der Waals surface area (Å²) in [6, 6.07) is 4.27. The highest BCUT2D eigenvalue weighted by atomic mass is 16.5. The van der Waals surface area contributed by atoms with Crippen LogP contribution in [0.25, 0.3) is 21.9 Å². The zero-order valence-corrected chi connectivity index (χ0v) is 12.2. The number of carbonyl (C=O) groups excluding carboxylic acids is 1. The lowest BCUT2D eigenvalue weighted by molar-refractivity contribution is 0.0602. The summed E-state index contributed by atoms with van der Waals surface area (Å²) < 4.78 is 9.97. The summed E-state index contributed by atoms with van der Waals surface area (Å²) in [5.41, 5.74) is -1.79. The van der Waals surface area contributed by atoms with E-state index in [9.17, 15) is 24.6 Å². The van der Waals surface area contributed by atoms with Crippen LogP contribution in [0.15, 0.2) is 33.5 Å². The van der Waals surface area contributed by atoms with Crippen LogP contribution in [0.3, 0.4) is 0 Å². The van der Waals surface area contributed by atoms with E-state index in [-0.39, 0.29) is 33.1 Å². The molecule has 0 saturated carbocycles. The molecule has 0 unspecified atom stereocenters. The van der Waals surface area contributed by atoms with Crippen LogP contribution in [0.1, 0.15) is 20.7 Å². The molecule has 0 radical (unpaired) electrons. The van der Waals surface area contributed by atoms with Gasteiger partial charge in [0.15, 0.2) is 11.3 Å². The van der Waals surface area contributed by atoms with Crippen molar-refractivity contribution in [3.63, 3.8) is 0 Å². The standard InChI is InChI=1S/C16H10O8/c1-23-16(22)7-2-3-8(17)14-11(7)13(19)12-9(18)4-6(15(20)21)5-10(12)24-14/h2-5,17-18H,1H3,(H,20,21). The molecule has 0 amide bonds. The van der Waals surface area contributed by atoms with Crippen LogP contribution in [-0.4, -0.2) is 34.4 Å². The number of carbonyl (C=O) groups is 2. The highest BCUT2D eigenvalue weighted by molar-refractivity contribution is 6.08. The number of esters is 1. The van der Waals surface area contributed by atoms with Crippen LogP contribution in [0.5, 0.6) is 11.5 Å². The molecule has 8 nitrogen and oxygen atoms in total. The number of phenols is 2. The number of carboxylic acids is 1. The van der Waals surface area contributed by atoms with Crippen molar-refractivity contribution in [1.29, 1.82) is 0 Å². The second-order valence-electron chi connectivity index (χ2n) is 4.93. The predicted octanol–water partition coefficient (Wildman–Crippen LogP) is 1.84. The third kappa shape index (κ3) is 2.12. The first-order chi connectivity index (χ1) is 11.3. The zero-order valence-electron chi connectivity index (χ0n) is 12.2. The molecule has 0 aliphatic rings. The first-order valence-electron chi connectivity index (χ1n) is 6.62. The van der Waals surface area contributed by atoms with Gasteiger partial charge in [0.25, 0.3) is 0 Å². The lowest BCUT2D eigenvalue weighted by Gasteiger charge is -2.08. The molecule has 0 aliphatic heterocycles. The maximum Gasteiger partial charge on any atom is 0.338 e. The van der Waals surface area contributed by atoms with Crippen molar-refractivity contribution >= 4 is 33.9 Å². The maximum absolute atomic E-state index is 12.7. The second-order valence-corrected chi connectivity index (χ2v) is 4.93. The van der Waals surface area contributed by atoms with Gasteiger partial charge in [-0.25, -0.2) is 9.59 Å². The van der Waals surface area contributed by atoms with E-state index in [2.05, 4.69) is 4.74 Å². The van der Waals surface area contributed by atoms with Gasteiger partial charge in [-0.15, -0.1) is 0 Å². The Kier molecular flexibility index (Phi) is 3.37. The third-order valence-electron chi connectivity index (χ3n) is 3.54. The van der Waals surface area contributed by atoms with E-state index < -0.39 is 28.9 Å². The van der Waals surface area contributed by atoms with Gasteiger partial charge in [0.05, 0.1) is 23.6 Å². The Morgan fingerprint density at radius 3 is 2.42 bits per heavy atom. The second kappa shape index (κ2) is 5.27. The predicted molar refractivity (Wildman–Crippen MR) is 81.6 cm³/mol. The molecule has 0 aliphatic carbocycles. The molecule has 0 bridgehead atoms. The van der Waals surface area contributed by atoms with Crippen molar-refractivity contribution in [3.05, 3.63) is 45.6 Å². The highest BCUT2D eigenvalue weighted by Crippen LogP contribution is 2.32. The zero-order chi connectivity index (χ0) is 17.6. The van der Waals surface area contributed by atoms with E-state index >= 15 is 0 Å². The number of ether oxygens (including phenoxy) is 1. The number of rotatable bonds is 2. The van der Waals surface area contributed by atoms with Gasteiger partial charge in [0.2, 0.25) is 5.43 Å². The first kappa shape index (κ1) is 15.3. The maximum atomic E-state index is 12.7. The quantitative estimate of drug-likeness (QED) is 0.478. The van der Waals surface area contributed by atoms with Crippen LogP contribution >= 0.6 is 0 Å². The van der Waals surface area contributed by atoms with Gasteiger partial charge in [-0.3, -0.25) is 4.79 Å². The first-order valence-corrected chi connectivity index (χ1v) is 6.62. The Labute approximate surface area is 133 Å². The number of methoxy groups -OCH3 is 1. The molecule has 0 fully saturated rings. The van der Waals surface area contributed by atoms with Gasteiger partial charge in [-0.1, -0.05) is 0 Å². The molecule has 8 heteroatoms. The van der Waals surface area contributed by atoms with Crippen LogP contribution < -0.4 is 5.43 Å². The summed E-state index contributed by atoms with van der Waals surface area (Å²) in [4.78, 5) is 35.6. The van der Waals surface area contributed by atoms with Crippen molar-refractivity contribution in [2.75, 3.05) is 7.11 Å². The van der Waals surface area contributed by atoms with Gasteiger partial charge in [-0.2, -0.15) is 0 Å². The molecular weight excluding hydrogens is 320 g/mol. The summed E-state index contributed by atoms with van der Waals surface area (Å²) >= 11 is 0. The number of aromatic hydroxyl groups is 2. The molecule has 1 heterocycles. The molecule has 3 aromatic rings. The van der Waals surface area contributed by atoms with Crippen LogP contribution in [-0.2, 0) is 4.74 Å². The minimum Gasteiger partial charge on any atom is -0.507 e. The van der Waals surface area contributed by atoms with Crippen LogP contribution in [0, 0.1) is 0 Å². The van der Waals surface area contributed by atoms with E-state index in [1.807, 2.05) is 0 Å². The highest BCUT2D eigenvalue weighted by Gasteiger charge is 2.22. The Balaban J connectivity index is 2.56. The minimum atomic E-state index is -1.33. The SMILES string of the molecule is COC(=O)c1ccc(O)c2oc3cc(C(=O)O)cc(O)c3c(=O)c12. The van der Waals surface area contributed by atoms with Crippen molar-refractivity contribution < 1.29 is 34.1 Å². The molecule has 0 saturated heterocycles. The fraction of sp³-hybridized carbons (Fsp3) is 0.0625. The lowest BCUT2D eigenvalue weighted by atomic mass is 10.0. The average Bonchev–Trinajstić information content (AvgIpc) is 2.54. The number of hydrogen-bond donors (Lipinski definition) is 3. The van der Waals surface area contributed by atoms with E-state index in [0.717, 1.165) is 25.3 Å². The number of fused-ring (bicyclic) bond motifs is 2. The van der Waals surface area contributed by atoms with Gasteiger partial charge in [0, 0.05) is 0 Å². The number of carboxylic acid groups (broad SMARTS) is 1. The normalized spacial score (nSPS) is 10.9. The van der Waals surface area contributed by atoms with Crippen LogP contribution in [0.4, 0.5) is 0 Å². The smallest absolute Gasteiger partial charge is 0.338 e. The Bertz CT molecular complexity index is 1080. The molecule has 3 N–H and O–H groups in total.